The number of carbonyl (C=O) groups is 3. The number of hydrogen-bond donors (Lipinski definition) is 2. The highest BCUT2D eigenvalue weighted by atomic mass is 16.5. The lowest BCUT2D eigenvalue weighted by atomic mass is 10.1. The van der Waals surface area contributed by atoms with Gasteiger partial charge in [-0.3, -0.25) is 9.59 Å². The van der Waals surface area contributed by atoms with E-state index in [1.807, 2.05) is 0 Å². The standard InChI is InChI=1S/C20H21NO6/c1-13(22)14-5-3-6-16(11-14)27-10-4-7-19(23)21-15-8-9-17(20(24)25)18(12-15)26-2/h3,5-6,8-9,11-12H,4,7,10H2,1-2H3,(H,21,23)(H,24,25). The molecule has 0 atom stereocenters. The van der Waals surface area contributed by atoms with Crippen molar-refractivity contribution in [3.8, 4) is 11.5 Å². The van der Waals surface area contributed by atoms with Crippen LogP contribution in [0.25, 0.3) is 0 Å². The Bertz CT molecular complexity index is 846. The van der Waals surface area contributed by atoms with Crippen molar-refractivity contribution in [2.75, 3.05) is 19.0 Å². The highest BCUT2D eigenvalue weighted by Gasteiger charge is 2.12. The summed E-state index contributed by atoms with van der Waals surface area (Å²) < 4.78 is 10.6. The molecule has 0 saturated heterocycles. The van der Waals surface area contributed by atoms with E-state index in [1.165, 1.54) is 32.2 Å². The molecule has 2 aromatic carbocycles. The third-order valence-electron chi connectivity index (χ3n) is 3.77. The third kappa shape index (κ3) is 5.85. The highest BCUT2D eigenvalue weighted by molar-refractivity contribution is 5.95. The van der Waals surface area contributed by atoms with E-state index < -0.39 is 5.97 Å². The summed E-state index contributed by atoms with van der Waals surface area (Å²) in [5.74, 6) is -0.604. The van der Waals surface area contributed by atoms with Crippen LogP contribution in [-0.2, 0) is 4.79 Å². The largest absolute Gasteiger partial charge is 0.496 e. The SMILES string of the molecule is COc1cc(NC(=O)CCCOc2cccc(C(C)=O)c2)ccc1C(=O)O. The molecule has 0 radical (unpaired) electrons. The molecule has 0 aromatic heterocycles. The zero-order valence-corrected chi connectivity index (χ0v) is 15.2. The number of aromatic carboxylic acids is 1. The number of Topliss-reactive ketones (excluding diaryl/α,β-unsaturated/α-hetero) is 1. The number of carbonyl (C=O) groups excluding carboxylic acids is 2. The molecule has 0 spiro atoms. The summed E-state index contributed by atoms with van der Waals surface area (Å²) in [4.78, 5) is 34.4. The topological polar surface area (TPSA) is 102 Å². The van der Waals surface area contributed by atoms with Gasteiger partial charge in [-0.05, 0) is 37.6 Å². The fourth-order valence-electron chi connectivity index (χ4n) is 2.40. The monoisotopic (exact) mass is 371 g/mol. The van der Waals surface area contributed by atoms with Gasteiger partial charge in [-0.15, -0.1) is 0 Å². The Morgan fingerprint density at radius 2 is 1.89 bits per heavy atom. The van der Waals surface area contributed by atoms with E-state index in [4.69, 9.17) is 14.6 Å². The maximum atomic E-state index is 12.0. The van der Waals surface area contributed by atoms with Crippen LogP contribution in [0.2, 0.25) is 0 Å². The third-order valence-corrected chi connectivity index (χ3v) is 3.77. The van der Waals surface area contributed by atoms with Crippen molar-refractivity contribution >= 4 is 23.3 Å². The Morgan fingerprint density at radius 1 is 1.11 bits per heavy atom. The smallest absolute Gasteiger partial charge is 0.339 e. The van der Waals surface area contributed by atoms with E-state index in [1.54, 1.807) is 24.3 Å². The number of nitrogens with one attached hydrogen (secondary N) is 1. The number of rotatable bonds is 9. The van der Waals surface area contributed by atoms with E-state index in [0.717, 1.165) is 0 Å². The Labute approximate surface area is 156 Å². The van der Waals surface area contributed by atoms with Gasteiger partial charge in [0, 0.05) is 23.7 Å². The van der Waals surface area contributed by atoms with Crippen LogP contribution in [0.3, 0.4) is 0 Å². The van der Waals surface area contributed by atoms with E-state index >= 15 is 0 Å². The maximum Gasteiger partial charge on any atom is 0.339 e. The molecule has 0 fully saturated rings. The lowest BCUT2D eigenvalue weighted by Gasteiger charge is -2.10. The van der Waals surface area contributed by atoms with Crippen molar-refractivity contribution in [2.24, 2.45) is 0 Å². The summed E-state index contributed by atoms with van der Waals surface area (Å²) >= 11 is 0. The molecule has 27 heavy (non-hydrogen) atoms. The van der Waals surface area contributed by atoms with Crippen LogP contribution >= 0.6 is 0 Å². The second kappa shape index (κ2) is 9.38. The number of methoxy groups -OCH3 is 1. The number of benzene rings is 2. The Morgan fingerprint density at radius 3 is 2.56 bits per heavy atom. The van der Waals surface area contributed by atoms with Gasteiger partial charge < -0.3 is 19.9 Å². The van der Waals surface area contributed by atoms with Gasteiger partial charge in [-0.2, -0.15) is 0 Å². The van der Waals surface area contributed by atoms with Crippen molar-refractivity contribution < 1.29 is 29.0 Å². The average molecular weight is 371 g/mol. The van der Waals surface area contributed by atoms with E-state index in [0.29, 0.717) is 30.0 Å². The van der Waals surface area contributed by atoms with E-state index in [9.17, 15) is 14.4 Å². The van der Waals surface area contributed by atoms with Crippen molar-refractivity contribution in [1.82, 2.24) is 0 Å². The minimum Gasteiger partial charge on any atom is -0.496 e. The first-order chi connectivity index (χ1) is 12.9. The summed E-state index contributed by atoms with van der Waals surface area (Å²) in [7, 11) is 1.37. The molecule has 7 heteroatoms. The number of hydrogen-bond acceptors (Lipinski definition) is 5. The summed E-state index contributed by atoms with van der Waals surface area (Å²) in [5, 5.41) is 11.7. The summed E-state index contributed by atoms with van der Waals surface area (Å²) in [6.45, 7) is 1.82. The zero-order valence-electron chi connectivity index (χ0n) is 15.2. The Kier molecular flexibility index (Phi) is 6.93. The van der Waals surface area contributed by atoms with Crippen molar-refractivity contribution in [3.63, 3.8) is 0 Å². The molecule has 142 valence electrons. The van der Waals surface area contributed by atoms with E-state index in [-0.39, 0.29) is 29.4 Å². The first kappa shape index (κ1) is 20.0. The summed E-state index contributed by atoms with van der Waals surface area (Å²) in [5.41, 5.74) is 1.05. The molecular weight excluding hydrogens is 350 g/mol. The molecule has 0 unspecified atom stereocenters. The quantitative estimate of drug-likeness (QED) is 0.517. The maximum absolute atomic E-state index is 12.0. The van der Waals surface area contributed by atoms with E-state index in [2.05, 4.69) is 5.32 Å². The van der Waals surface area contributed by atoms with Crippen LogP contribution in [0.15, 0.2) is 42.5 Å². The van der Waals surface area contributed by atoms with Gasteiger partial charge in [0.1, 0.15) is 17.1 Å². The summed E-state index contributed by atoms with van der Waals surface area (Å²) in [6.07, 6.45) is 0.718. The van der Waals surface area contributed by atoms with Crippen molar-refractivity contribution in [3.05, 3.63) is 53.6 Å². The minimum absolute atomic E-state index is 0.0247. The molecule has 0 aliphatic carbocycles. The second-order valence-electron chi connectivity index (χ2n) is 5.80. The van der Waals surface area contributed by atoms with Crippen LogP contribution in [0, 0.1) is 0 Å². The number of anilines is 1. The highest BCUT2D eigenvalue weighted by Crippen LogP contribution is 2.23. The fraction of sp³-hybridized carbons (Fsp3) is 0.250. The van der Waals surface area contributed by atoms with Gasteiger partial charge in [-0.25, -0.2) is 4.79 Å². The van der Waals surface area contributed by atoms with Crippen LogP contribution in [-0.4, -0.2) is 36.5 Å². The molecule has 0 aliphatic rings. The van der Waals surface area contributed by atoms with Crippen molar-refractivity contribution in [1.29, 1.82) is 0 Å². The lowest BCUT2D eigenvalue weighted by molar-refractivity contribution is -0.116. The van der Waals surface area contributed by atoms with Gasteiger partial charge in [0.05, 0.1) is 13.7 Å². The molecule has 0 bridgehead atoms. The molecular formula is C20H21NO6. The van der Waals surface area contributed by atoms with Gasteiger partial charge in [0.25, 0.3) is 0 Å². The average Bonchev–Trinajstić information content (AvgIpc) is 2.65. The normalized spacial score (nSPS) is 10.1. The predicted molar refractivity (Wildman–Crippen MR) is 99.8 cm³/mol. The molecule has 2 rings (SSSR count). The van der Waals surface area contributed by atoms with Crippen LogP contribution in [0.5, 0.6) is 11.5 Å². The van der Waals surface area contributed by atoms with Gasteiger partial charge >= 0.3 is 5.97 Å². The number of ketones is 1. The van der Waals surface area contributed by atoms with Gasteiger partial charge in [0.15, 0.2) is 5.78 Å². The molecule has 1 amide bonds. The molecule has 0 saturated carbocycles. The van der Waals surface area contributed by atoms with Crippen LogP contribution in [0.4, 0.5) is 5.69 Å². The van der Waals surface area contributed by atoms with Crippen LogP contribution < -0.4 is 14.8 Å². The summed E-state index contributed by atoms with van der Waals surface area (Å²) in [6, 6.07) is 11.2. The second-order valence-corrected chi connectivity index (χ2v) is 5.80. The fourth-order valence-corrected chi connectivity index (χ4v) is 2.40. The molecule has 2 N–H and O–H groups in total. The number of carboxylic acids is 1. The molecule has 0 heterocycles. The first-order valence-corrected chi connectivity index (χ1v) is 8.35. The number of carboxylic acid groups (broad SMARTS) is 1. The molecule has 7 nitrogen and oxygen atoms in total. The number of ether oxygens (including phenoxy) is 2. The Hall–Kier alpha value is -3.35. The van der Waals surface area contributed by atoms with Crippen LogP contribution in [0.1, 0.15) is 40.5 Å². The molecule has 2 aromatic rings. The minimum atomic E-state index is -1.10. The van der Waals surface area contributed by atoms with Gasteiger partial charge in [-0.1, -0.05) is 12.1 Å². The number of amides is 1. The van der Waals surface area contributed by atoms with Crippen molar-refractivity contribution in [2.45, 2.75) is 19.8 Å². The van der Waals surface area contributed by atoms with Gasteiger partial charge in [0.2, 0.25) is 5.91 Å². The zero-order chi connectivity index (χ0) is 19.8. The predicted octanol–water partition coefficient (Wildman–Crippen LogP) is 3.39. The lowest BCUT2D eigenvalue weighted by Crippen LogP contribution is -2.13. The first-order valence-electron chi connectivity index (χ1n) is 8.35. The molecule has 0 aliphatic heterocycles. The Balaban J connectivity index is 1.82.